The van der Waals surface area contributed by atoms with Gasteiger partial charge in [0.05, 0.1) is 5.69 Å². The van der Waals surface area contributed by atoms with E-state index >= 15 is 0 Å². The van der Waals surface area contributed by atoms with Crippen LogP contribution in [0, 0.1) is 5.82 Å². The van der Waals surface area contributed by atoms with Crippen LogP contribution in [-0.2, 0) is 15.3 Å². The number of carbonyl (C=O) groups is 2. The van der Waals surface area contributed by atoms with Crippen molar-refractivity contribution in [3.63, 3.8) is 0 Å². The van der Waals surface area contributed by atoms with Crippen molar-refractivity contribution in [1.29, 1.82) is 0 Å². The highest BCUT2D eigenvalue weighted by Crippen LogP contribution is 2.35. The molecular formula is C30H28FN5O2S. The smallest absolute Gasteiger partial charge is 0.259 e. The first kappa shape index (κ1) is 25.3. The molecule has 0 unspecified atom stereocenters. The Bertz CT molecular complexity index is 1450. The number of benzene rings is 3. The molecule has 0 aliphatic carbocycles. The molecule has 0 spiro atoms. The van der Waals surface area contributed by atoms with E-state index in [1.165, 1.54) is 23.5 Å². The van der Waals surface area contributed by atoms with Crippen molar-refractivity contribution in [3.05, 3.63) is 95.8 Å². The maximum Gasteiger partial charge on any atom is 0.259 e. The molecule has 0 N–H and O–H groups in total. The minimum atomic E-state index is -0.653. The van der Waals surface area contributed by atoms with Gasteiger partial charge in [0, 0.05) is 49.6 Å². The second-order valence-corrected chi connectivity index (χ2v) is 10.6. The number of nitrogens with zero attached hydrogens (tertiary/aromatic N) is 5. The van der Waals surface area contributed by atoms with Gasteiger partial charge >= 0.3 is 0 Å². The van der Waals surface area contributed by atoms with E-state index in [9.17, 15) is 14.0 Å². The summed E-state index contributed by atoms with van der Waals surface area (Å²) in [6.07, 6.45) is 0.590. The van der Waals surface area contributed by atoms with Gasteiger partial charge in [0.1, 0.15) is 17.7 Å². The first-order valence-corrected chi connectivity index (χ1v) is 14.1. The van der Waals surface area contributed by atoms with Gasteiger partial charge in [-0.15, -0.1) is 0 Å². The number of fused-ring (bicyclic) bond motifs is 3. The number of hydrogen-bond donors (Lipinski definition) is 0. The first-order valence-electron chi connectivity index (χ1n) is 13.1. The number of anilines is 1. The summed E-state index contributed by atoms with van der Waals surface area (Å²) in [4.78, 5) is 41.8. The molecule has 1 atom stereocenters. The quantitative estimate of drug-likeness (QED) is 0.448. The lowest BCUT2D eigenvalue weighted by atomic mass is 10.1. The van der Waals surface area contributed by atoms with Crippen molar-refractivity contribution in [3.8, 4) is 0 Å². The Morgan fingerprint density at radius 3 is 2.44 bits per heavy atom. The van der Waals surface area contributed by atoms with Crippen LogP contribution in [0.4, 0.5) is 15.8 Å². The van der Waals surface area contributed by atoms with E-state index in [2.05, 4.69) is 17.0 Å². The highest BCUT2D eigenvalue weighted by atomic mass is 32.2. The molecule has 0 bridgehead atoms. The van der Waals surface area contributed by atoms with Gasteiger partial charge in [0.25, 0.3) is 5.91 Å². The van der Waals surface area contributed by atoms with Crippen LogP contribution < -0.4 is 4.90 Å². The number of amides is 2. The predicted octanol–water partition coefficient (Wildman–Crippen LogP) is 4.85. The number of thioether (sulfide) groups is 1. The van der Waals surface area contributed by atoms with Crippen molar-refractivity contribution < 1.29 is 14.0 Å². The fourth-order valence-electron chi connectivity index (χ4n) is 5.12. The topological polar surface area (TPSA) is 68.6 Å². The largest absolute Gasteiger partial charge is 0.368 e. The second-order valence-electron chi connectivity index (χ2n) is 9.68. The number of para-hydroxylation sites is 2. The van der Waals surface area contributed by atoms with Crippen molar-refractivity contribution in [2.45, 2.75) is 24.6 Å². The summed E-state index contributed by atoms with van der Waals surface area (Å²) in [6.45, 7) is 2.88. The third-order valence-corrected chi connectivity index (χ3v) is 8.24. The van der Waals surface area contributed by atoms with Gasteiger partial charge in [0.2, 0.25) is 5.91 Å². The van der Waals surface area contributed by atoms with Crippen LogP contribution in [0.1, 0.15) is 24.0 Å². The van der Waals surface area contributed by atoms with E-state index in [0.29, 0.717) is 41.8 Å². The second kappa shape index (κ2) is 11.0. The number of amidine groups is 2. The van der Waals surface area contributed by atoms with E-state index in [-0.39, 0.29) is 24.1 Å². The molecule has 3 aromatic rings. The molecule has 3 aliphatic heterocycles. The van der Waals surface area contributed by atoms with Crippen LogP contribution in [-0.4, -0.2) is 64.8 Å². The Morgan fingerprint density at radius 2 is 1.64 bits per heavy atom. The fraction of sp³-hybridized carbons (Fsp3) is 0.267. The summed E-state index contributed by atoms with van der Waals surface area (Å²) in [5.74, 6) is 0.452. The molecule has 0 saturated carbocycles. The van der Waals surface area contributed by atoms with E-state index in [4.69, 9.17) is 9.98 Å². The summed E-state index contributed by atoms with van der Waals surface area (Å²) in [5, 5.41) is 0.478. The van der Waals surface area contributed by atoms with Crippen molar-refractivity contribution in [1.82, 2.24) is 9.80 Å². The van der Waals surface area contributed by atoms with E-state index in [1.54, 1.807) is 23.1 Å². The van der Waals surface area contributed by atoms with Crippen LogP contribution in [0.25, 0.3) is 0 Å². The molecule has 198 valence electrons. The van der Waals surface area contributed by atoms with Gasteiger partial charge in [-0.1, -0.05) is 60.3 Å². The molecule has 9 heteroatoms. The molecule has 1 saturated heterocycles. The fourth-order valence-corrected chi connectivity index (χ4v) is 6.10. The molecule has 1 fully saturated rings. The van der Waals surface area contributed by atoms with E-state index < -0.39 is 6.04 Å². The van der Waals surface area contributed by atoms with Crippen LogP contribution >= 0.6 is 11.8 Å². The molecule has 0 aromatic heterocycles. The van der Waals surface area contributed by atoms with Crippen molar-refractivity contribution in [2.24, 2.45) is 9.98 Å². The summed E-state index contributed by atoms with van der Waals surface area (Å²) in [5.41, 5.74) is 3.22. The Morgan fingerprint density at radius 1 is 0.923 bits per heavy atom. The average molecular weight is 542 g/mol. The van der Waals surface area contributed by atoms with Gasteiger partial charge in [-0.05, 0) is 42.3 Å². The van der Waals surface area contributed by atoms with E-state index in [0.717, 1.165) is 24.3 Å². The maximum atomic E-state index is 14.2. The molecular weight excluding hydrogens is 513 g/mol. The lowest BCUT2D eigenvalue weighted by Gasteiger charge is -2.36. The van der Waals surface area contributed by atoms with Gasteiger partial charge in [-0.3, -0.25) is 14.6 Å². The van der Waals surface area contributed by atoms with Crippen molar-refractivity contribution >= 4 is 46.0 Å². The van der Waals surface area contributed by atoms with Crippen molar-refractivity contribution in [2.75, 3.05) is 31.1 Å². The maximum absolute atomic E-state index is 14.2. The summed E-state index contributed by atoms with van der Waals surface area (Å²) < 4.78 is 14.2. The minimum absolute atomic E-state index is 0.0452. The Kier molecular flexibility index (Phi) is 7.15. The lowest BCUT2D eigenvalue weighted by Crippen LogP contribution is -2.49. The van der Waals surface area contributed by atoms with Gasteiger partial charge in [0.15, 0.2) is 5.17 Å². The molecule has 39 heavy (non-hydrogen) atoms. The highest BCUT2D eigenvalue weighted by molar-refractivity contribution is 8.13. The van der Waals surface area contributed by atoms with Crippen LogP contribution in [0.3, 0.4) is 0 Å². The van der Waals surface area contributed by atoms with Crippen LogP contribution in [0.2, 0.25) is 0 Å². The highest BCUT2D eigenvalue weighted by Gasteiger charge is 2.41. The Balaban J connectivity index is 1.12. The van der Waals surface area contributed by atoms with Gasteiger partial charge < -0.3 is 9.80 Å². The standard InChI is InChI=1S/C30H28FN5O2S/c31-24-12-6-4-8-21(24)20-39-30-33-25-13-7-5-11-23(25)28-32-26(29(38)36(28)30)14-15-27(37)35-18-16-34(17-19-35)22-9-2-1-3-10-22/h1-13,26H,14-20H2/t26-/m0/s1. The predicted molar refractivity (Wildman–Crippen MR) is 153 cm³/mol. The SMILES string of the molecule is O=C(CC[C@@H]1N=C2c3ccccc3N=C(SCc3ccccc3F)N2C1=O)N1CCN(c2ccccc2)CC1. The summed E-state index contributed by atoms with van der Waals surface area (Å²) in [6, 6.07) is 23.7. The summed E-state index contributed by atoms with van der Waals surface area (Å²) >= 11 is 1.31. The number of rotatable bonds is 6. The normalized spacial score (nSPS) is 18.4. The Labute approximate surface area is 231 Å². The third kappa shape index (κ3) is 5.18. The zero-order valence-electron chi connectivity index (χ0n) is 21.4. The number of hydrogen-bond acceptors (Lipinski definition) is 6. The number of piperazine rings is 1. The third-order valence-electron chi connectivity index (χ3n) is 7.25. The molecule has 7 nitrogen and oxygen atoms in total. The van der Waals surface area contributed by atoms with Gasteiger partial charge in [-0.25, -0.2) is 14.3 Å². The molecule has 3 heterocycles. The number of halogens is 1. The number of aliphatic imine (C=N–C) groups is 2. The minimum Gasteiger partial charge on any atom is -0.368 e. The lowest BCUT2D eigenvalue weighted by molar-refractivity contribution is -0.131. The summed E-state index contributed by atoms with van der Waals surface area (Å²) in [7, 11) is 0. The zero-order chi connectivity index (χ0) is 26.8. The molecule has 6 rings (SSSR count). The van der Waals surface area contributed by atoms with Gasteiger partial charge in [-0.2, -0.15) is 0 Å². The average Bonchev–Trinajstić information content (AvgIpc) is 3.32. The first-order chi connectivity index (χ1) is 19.1. The van der Waals surface area contributed by atoms with E-state index in [1.807, 2.05) is 47.4 Å². The zero-order valence-corrected chi connectivity index (χ0v) is 22.2. The van der Waals surface area contributed by atoms with Crippen LogP contribution in [0.5, 0.6) is 0 Å². The molecule has 3 aliphatic rings. The number of carbonyl (C=O) groups excluding carboxylic acids is 2. The Hall–Kier alpha value is -3.98. The molecule has 0 radical (unpaired) electrons. The van der Waals surface area contributed by atoms with Crippen LogP contribution in [0.15, 0.2) is 88.8 Å². The monoisotopic (exact) mass is 541 g/mol. The molecule has 2 amide bonds. The molecule has 3 aromatic carbocycles.